The van der Waals surface area contributed by atoms with Gasteiger partial charge in [-0.2, -0.15) is 0 Å². The normalized spacial score (nSPS) is 21.5. The summed E-state index contributed by atoms with van der Waals surface area (Å²) in [7, 11) is 3.09. The maximum Gasteiger partial charge on any atom is 0.256 e. The molecule has 1 N–H and O–H groups in total. The van der Waals surface area contributed by atoms with E-state index in [1.807, 2.05) is 18.0 Å². The average Bonchev–Trinajstić information content (AvgIpc) is 3.64. The van der Waals surface area contributed by atoms with Crippen molar-refractivity contribution in [2.45, 2.75) is 63.6 Å². The first-order valence-electron chi connectivity index (χ1n) is 14.6. The number of carbonyl (C=O) groups is 3. The number of rotatable bonds is 9. The molecule has 3 atom stereocenters. The molecular weight excluding hydrogens is 540 g/mol. The predicted molar refractivity (Wildman–Crippen MR) is 156 cm³/mol. The van der Waals surface area contributed by atoms with E-state index in [0.717, 1.165) is 25.8 Å². The Balaban J connectivity index is 1.09. The first-order chi connectivity index (χ1) is 20.4. The molecule has 0 bridgehead atoms. The minimum Gasteiger partial charge on any atom is -0.493 e. The van der Waals surface area contributed by atoms with Crippen LogP contribution in [0.4, 0.5) is 11.4 Å². The Morgan fingerprint density at radius 1 is 0.905 bits per heavy atom. The molecule has 2 aromatic rings. The number of ether oxygens (including phenoxy) is 4. The number of nitrogens with zero attached hydrogens (tertiary/aromatic N) is 3. The van der Waals surface area contributed by atoms with Crippen molar-refractivity contribution in [3.05, 3.63) is 35.4 Å². The highest BCUT2D eigenvalue weighted by atomic mass is 16.5. The minimum absolute atomic E-state index is 0.0300. The number of nitrogens with one attached hydrogen (secondary N) is 1. The molecule has 2 fully saturated rings. The third kappa shape index (κ3) is 5.12. The molecule has 0 spiro atoms. The van der Waals surface area contributed by atoms with Gasteiger partial charge in [-0.25, -0.2) is 0 Å². The molecule has 6 rings (SSSR count). The molecule has 222 valence electrons. The van der Waals surface area contributed by atoms with Crippen LogP contribution in [0.3, 0.4) is 0 Å². The smallest absolute Gasteiger partial charge is 0.256 e. The van der Waals surface area contributed by atoms with Crippen molar-refractivity contribution in [2.24, 2.45) is 4.99 Å². The highest BCUT2D eigenvalue weighted by Crippen LogP contribution is 2.40. The van der Waals surface area contributed by atoms with Crippen molar-refractivity contribution in [1.29, 1.82) is 0 Å². The van der Waals surface area contributed by atoms with Crippen molar-refractivity contribution in [2.75, 3.05) is 39.2 Å². The van der Waals surface area contributed by atoms with E-state index in [0.29, 0.717) is 77.9 Å². The van der Waals surface area contributed by atoms with Crippen LogP contribution in [0.15, 0.2) is 29.3 Å². The second-order valence-electron chi connectivity index (χ2n) is 11.1. The zero-order valence-corrected chi connectivity index (χ0v) is 24.2. The molecule has 0 aromatic heterocycles. The molecule has 0 aliphatic carbocycles. The van der Waals surface area contributed by atoms with E-state index < -0.39 is 6.04 Å². The third-order valence-corrected chi connectivity index (χ3v) is 8.41. The van der Waals surface area contributed by atoms with E-state index in [4.69, 9.17) is 18.9 Å². The highest BCUT2D eigenvalue weighted by Gasteiger charge is 2.39. The van der Waals surface area contributed by atoms with Gasteiger partial charge in [0.1, 0.15) is 6.04 Å². The van der Waals surface area contributed by atoms with Crippen LogP contribution in [-0.2, 0) is 4.79 Å². The quantitative estimate of drug-likeness (QED) is 0.444. The molecule has 0 saturated carbocycles. The summed E-state index contributed by atoms with van der Waals surface area (Å²) in [5.41, 5.74) is 1.94. The van der Waals surface area contributed by atoms with Gasteiger partial charge in [-0.3, -0.25) is 19.4 Å². The van der Waals surface area contributed by atoms with Gasteiger partial charge in [0.25, 0.3) is 11.8 Å². The molecule has 11 heteroatoms. The zero-order valence-electron chi connectivity index (χ0n) is 24.2. The second-order valence-corrected chi connectivity index (χ2v) is 11.1. The first kappa shape index (κ1) is 27.9. The van der Waals surface area contributed by atoms with Crippen LogP contribution < -0.4 is 24.3 Å². The van der Waals surface area contributed by atoms with Crippen LogP contribution in [-0.4, -0.2) is 85.8 Å². The van der Waals surface area contributed by atoms with Gasteiger partial charge in [0.2, 0.25) is 5.91 Å². The van der Waals surface area contributed by atoms with E-state index in [2.05, 4.69) is 10.3 Å². The molecule has 1 unspecified atom stereocenters. The lowest BCUT2D eigenvalue weighted by Crippen LogP contribution is -2.40. The van der Waals surface area contributed by atoms with Gasteiger partial charge in [0.15, 0.2) is 23.0 Å². The summed E-state index contributed by atoms with van der Waals surface area (Å²) in [5.74, 6) is 1.53. The summed E-state index contributed by atoms with van der Waals surface area (Å²) in [5, 5.41) is 2.90. The number of hydrogen-bond acceptors (Lipinski definition) is 8. The lowest BCUT2D eigenvalue weighted by molar-refractivity contribution is -0.119. The Morgan fingerprint density at radius 3 is 2.43 bits per heavy atom. The maximum atomic E-state index is 13.1. The fraction of sp³-hybridized carbons (Fsp3) is 0.484. The van der Waals surface area contributed by atoms with Crippen molar-refractivity contribution in [3.63, 3.8) is 0 Å². The summed E-state index contributed by atoms with van der Waals surface area (Å²) in [6.07, 6.45) is 6.40. The Morgan fingerprint density at radius 2 is 1.62 bits per heavy atom. The largest absolute Gasteiger partial charge is 0.493 e. The standard InChI is InChI=1S/C31H36N4O7/c1-18(42-28-15-22-20(13-26(28)40-3)30(37)34-10-4-8-19(34)17-32-22)7-6-12-41-27-16-23-21(14-25(27)39-2)31(38)35-11-5-9-24(35)29(36)33-23/h13-19,24H,4-12H2,1-3H3,(H,33,36)/t18?,19-,24+/m1/s1. The number of benzene rings is 2. The van der Waals surface area contributed by atoms with Gasteiger partial charge < -0.3 is 34.1 Å². The van der Waals surface area contributed by atoms with Crippen molar-refractivity contribution >= 4 is 35.3 Å². The van der Waals surface area contributed by atoms with Crippen LogP contribution in [0, 0.1) is 0 Å². The maximum absolute atomic E-state index is 13.1. The van der Waals surface area contributed by atoms with E-state index in [9.17, 15) is 14.4 Å². The van der Waals surface area contributed by atoms with Crippen molar-refractivity contribution < 1.29 is 33.3 Å². The molecular formula is C31H36N4O7. The first-order valence-corrected chi connectivity index (χ1v) is 14.6. The molecule has 4 heterocycles. The fourth-order valence-corrected chi connectivity index (χ4v) is 6.19. The van der Waals surface area contributed by atoms with Gasteiger partial charge >= 0.3 is 0 Å². The fourth-order valence-electron chi connectivity index (χ4n) is 6.19. The highest BCUT2D eigenvalue weighted by molar-refractivity contribution is 6.10. The summed E-state index contributed by atoms with van der Waals surface area (Å²) in [4.78, 5) is 47.1. The molecule has 2 saturated heterocycles. The van der Waals surface area contributed by atoms with Gasteiger partial charge in [-0.1, -0.05) is 0 Å². The Labute approximate surface area is 244 Å². The van der Waals surface area contributed by atoms with Gasteiger partial charge in [0, 0.05) is 31.4 Å². The van der Waals surface area contributed by atoms with Crippen LogP contribution >= 0.6 is 0 Å². The third-order valence-electron chi connectivity index (χ3n) is 8.41. The van der Waals surface area contributed by atoms with Crippen LogP contribution in [0.2, 0.25) is 0 Å². The van der Waals surface area contributed by atoms with Crippen molar-refractivity contribution in [3.8, 4) is 23.0 Å². The molecule has 3 amide bonds. The molecule has 4 aliphatic heterocycles. The zero-order chi connectivity index (χ0) is 29.4. The Hall–Kier alpha value is -4.28. The molecule has 0 radical (unpaired) electrons. The Kier molecular flexibility index (Phi) is 7.66. The molecule has 42 heavy (non-hydrogen) atoms. The number of carbonyl (C=O) groups excluding carboxylic acids is 3. The summed E-state index contributed by atoms with van der Waals surface area (Å²) < 4.78 is 23.4. The van der Waals surface area contributed by atoms with Crippen LogP contribution in [0.5, 0.6) is 23.0 Å². The molecule has 2 aromatic carbocycles. The van der Waals surface area contributed by atoms with Crippen LogP contribution in [0.25, 0.3) is 0 Å². The van der Waals surface area contributed by atoms with E-state index in [-0.39, 0.29) is 29.9 Å². The van der Waals surface area contributed by atoms with Gasteiger partial charge in [0.05, 0.1) is 55.5 Å². The second kappa shape index (κ2) is 11.5. The lowest BCUT2D eigenvalue weighted by Gasteiger charge is -2.21. The molecule has 11 nitrogen and oxygen atoms in total. The summed E-state index contributed by atoms with van der Waals surface area (Å²) >= 11 is 0. The average molecular weight is 577 g/mol. The number of hydrogen-bond donors (Lipinski definition) is 1. The SMILES string of the molecule is COc1cc2c(cc1OCCCC(C)Oc1cc3c(cc1OC)C(=O)N1CCC[C@@H]1C=N3)NC(=O)[C@@H]1CCCN1C2=O. The number of anilines is 1. The number of methoxy groups -OCH3 is 2. The lowest BCUT2D eigenvalue weighted by atomic mass is 10.1. The van der Waals surface area contributed by atoms with E-state index in [1.165, 1.54) is 7.11 Å². The van der Waals surface area contributed by atoms with E-state index >= 15 is 0 Å². The number of aliphatic imine (C=N–C) groups is 1. The predicted octanol–water partition coefficient (Wildman–Crippen LogP) is 4.21. The monoisotopic (exact) mass is 576 g/mol. The van der Waals surface area contributed by atoms with E-state index in [1.54, 1.807) is 36.3 Å². The van der Waals surface area contributed by atoms with Gasteiger partial charge in [-0.05, 0) is 57.6 Å². The number of fused-ring (bicyclic) bond motifs is 4. The summed E-state index contributed by atoms with van der Waals surface area (Å²) in [6, 6.07) is 6.40. The van der Waals surface area contributed by atoms with Gasteiger partial charge in [-0.15, -0.1) is 0 Å². The topological polar surface area (TPSA) is 119 Å². The molecule has 4 aliphatic rings. The minimum atomic E-state index is -0.440. The van der Waals surface area contributed by atoms with Crippen LogP contribution in [0.1, 0.15) is 66.2 Å². The summed E-state index contributed by atoms with van der Waals surface area (Å²) in [6.45, 7) is 3.64. The van der Waals surface area contributed by atoms with Crippen molar-refractivity contribution in [1.82, 2.24) is 9.80 Å². The Bertz CT molecular complexity index is 1440. The number of amides is 3.